The van der Waals surface area contributed by atoms with Crippen molar-refractivity contribution < 1.29 is 22.8 Å². The Kier molecular flexibility index (Phi) is 5.79. The molecule has 2 unspecified atom stereocenters. The average molecular weight is 459 g/mol. The molecule has 7 heteroatoms. The van der Waals surface area contributed by atoms with Crippen molar-refractivity contribution in [3.8, 4) is 0 Å². The lowest BCUT2D eigenvalue weighted by Gasteiger charge is -2.30. The first-order chi connectivity index (χ1) is 15.5. The molecule has 2 aliphatic rings. The van der Waals surface area contributed by atoms with E-state index >= 15 is 0 Å². The molecule has 2 aromatic rings. The molecule has 0 radical (unpaired) electrons. The summed E-state index contributed by atoms with van der Waals surface area (Å²) in [7, 11) is 0. The molecule has 0 aromatic heterocycles. The van der Waals surface area contributed by atoms with Crippen LogP contribution < -0.4 is 10.2 Å². The van der Waals surface area contributed by atoms with Gasteiger partial charge in [0, 0.05) is 17.9 Å². The van der Waals surface area contributed by atoms with E-state index in [4.69, 9.17) is 0 Å². The Balaban J connectivity index is 1.67. The topological polar surface area (TPSA) is 49.4 Å². The van der Waals surface area contributed by atoms with Crippen LogP contribution >= 0.6 is 0 Å². The van der Waals surface area contributed by atoms with Crippen molar-refractivity contribution in [1.29, 1.82) is 0 Å². The second-order valence-corrected chi connectivity index (χ2v) is 9.47. The summed E-state index contributed by atoms with van der Waals surface area (Å²) in [5, 5.41) is 2.75. The number of carbonyl (C=O) groups is 2. The molecule has 2 amide bonds. The predicted octanol–water partition coefficient (Wildman–Crippen LogP) is 6.22. The van der Waals surface area contributed by atoms with Crippen LogP contribution in [-0.4, -0.2) is 18.4 Å². The lowest BCUT2D eigenvalue weighted by atomic mass is 9.75. The number of alkyl halides is 3. The number of anilines is 2. The van der Waals surface area contributed by atoms with Gasteiger partial charge in [-0.1, -0.05) is 32.0 Å². The number of nitrogens with zero attached hydrogens (tertiary/aromatic N) is 1. The molecule has 33 heavy (non-hydrogen) atoms. The zero-order valence-corrected chi connectivity index (χ0v) is 19.3. The number of hydrogen-bond donors (Lipinski definition) is 1. The van der Waals surface area contributed by atoms with Crippen LogP contribution in [0.2, 0.25) is 0 Å². The molecule has 1 aliphatic carbocycles. The number of carbonyl (C=O) groups excluding carboxylic acids is 2. The smallest absolute Gasteiger partial charge is 0.326 e. The molecular weight excluding hydrogens is 429 g/mol. The van der Waals surface area contributed by atoms with Gasteiger partial charge < -0.3 is 10.2 Å². The van der Waals surface area contributed by atoms with E-state index in [-0.39, 0.29) is 24.1 Å². The fourth-order valence-corrected chi connectivity index (χ4v) is 5.03. The third kappa shape index (κ3) is 4.13. The maximum Gasteiger partial charge on any atom is 0.416 e. The Labute approximate surface area is 192 Å². The van der Waals surface area contributed by atoms with Crippen molar-refractivity contribution in [3.05, 3.63) is 58.7 Å². The van der Waals surface area contributed by atoms with E-state index in [9.17, 15) is 22.8 Å². The van der Waals surface area contributed by atoms with Gasteiger partial charge in [-0.15, -0.1) is 0 Å². The standard InChI is InChI=1S/C26H29F3N2O2/c1-5-25(14-31(23(32)17(25)4)22-15(2)7-6-8-16(22)3)24(33)30-21-12-19(18-9-10-18)11-20(13-21)26(27,28)29/h6-8,11-13,17-18H,5,9-10,14H2,1-4H3,(H,30,33). The number of amides is 2. The van der Waals surface area contributed by atoms with E-state index in [1.165, 1.54) is 6.07 Å². The molecule has 1 N–H and O–H groups in total. The van der Waals surface area contributed by atoms with Crippen LogP contribution in [0.1, 0.15) is 61.3 Å². The highest BCUT2D eigenvalue weighted by atomic mass is 19.4. The number of halogens is 3. The number of benzene rings is 2. The molecule has 1 heterocycles. The second-order valence-electron chi connectivity index (χ2n) is 9.47. The van der Waals surface area contributed by atoms with Gasteiger partial charge in [0.1, 0.15) is 0 Å². The van der Waals surface area contributed by atoms with Crippen LogP contribution in [0.3, 0.4) is 0 Å². The largest absolute Gasteiger partial charge is 0.416 e. The summed E-state index contributed by atoms with van der Waals surface area (Å²) in [6.07, 6.45) is -2.40. The molecule has 2 fully saturated rings. The molecular formula is C26H29F3N2O2. The normalized spacial score (nSPS) is 23.2. The Bertz CT molecular complexity index is 1090. The summed E-state index contributed by atoms with van der Waals surface area (Å²) >= 11 is 0. The Morgan fingerprint density at radius 1 is 1.15 bits per heavy atom. The summed E-state index contributed by atoms with van der Waals surface area (Å²) in [4.78, 5) is 28.5. The fraction of sp³-hybridized carbons (Fsp3) is 0.462. The highest BCUT2D eigenvalue weighted by Gasteiger charge is 2.54. The maximum absolute atomic E-state index is 13.6. The van der Waals surface area contributed by atoms with Crippen molar-refractivity contribution in [1.82, 2.24) is 0 Å². The molecule has 0 spiro atoms. The predicted molar refractivity (Wildman–Crippen MR) is 122 cm³/mol. The first-order valence-electron chi connectivity index (χ1n) is 11.4. The minimum Gasteiger partial charge on any atom is -0.326 e. The van der Waals surface area contributed by atoms with Crippen LogP contribution in [0.5, 0.6) is 0 Å². The summed E-state index contributed by atoms with van der Waals surface area (Å²) < 4.78 is 40.4. The van der Waals surface area contributed by atoms with Crippen molar-refractivity contribution in [3.63, 3.8) is 0 Å². The molecule has 2 aromatic carbocycles. The highest BCUT2D eigenvalue weighted by Crippen LogP contribution is 2.46. The van der Waals surface area contributed by atoms with Gasteiger partial charge in [0.25, 0.3) is 0 Å². The first-order valence-corrected chi connectivity index (χ1v) is 11.4. The maximum atomic E-state index is 13.6. The molecule has 1 saturated carbocycles. The molecule has 1 aliphatic heterocycles. The van der Waals surface area contributed by atoms with Crippen molar-refractivity contribution in [2.75, 3.05) is 16.8 Å². The van der Waals surface area contributed by atoms with Crippen molar-refractivity contribution >= 4 is 23.2 Å². The average Bonchev–Trinajstić information content (AvgIpc) is 3.56. The van der Waals surface area contributed by atoms with Gasteiger partial charge in [-0.3, -0.25) is 9.59 Å². The summed E-state index contributed by atoms with van der Waals surface area (Å²) in [5.41, 5.74) is 1.60. The summed E-state index contributed by atoms with van der Waals surface area (Å²) in [6, 6.07) is 9.57. The van der Waals surface area contributed by atoms with E-state index in [0.29, 0.717) is 12.0 Å². The van der Waals surface area contributed by atoms with Gasteiger partial charge in [0.05, 0.1) is 16.9 Å². The van der Waals surface area contributed by atoms with Gasteiger partial charge in [0.15, 0.2) is 0 Å². The minimum atomic E-state index is -4.50. The van der Waals surface area contributed by atoms with Gasteiger partial charge in [-0.05, 0) is 73.9 Å². The number of aryl methyl sites for hydroxylation is 2. The number of para-hydroxylation sites is 1. The van der Waals surface area contributed by atoms with Crippen LogP contribution in [-0.2, 0) is 15.8 Å². The SMILES string of the molecule is CCC1(C(=O)Nc2cc(C3CC3)cc(C(F)(F)F)c2)CN(c2c(C)cccc2C)C(=O)C1C. The Morgan fingerprint density at radius 3 is 2.33 bits per heavy atom. The molecule has 176 valence electrons. The number of nitrogens with one attached hydrogen (secondary N) is 1. The van der Waals surface area contributed by atoms with Crippen molar-refractivity contribution in [2.24, 2.45) is 11.3 Å². The summed E-state index contributed by atoms with van der Waals surface area (Å²) in [5.74, 6) is -1.06. The van der Waals surface area contributed by atoms with Gasteiger partial charge in [0.2, 0.25) is 11.8 Å². The van der Waals surface area contributed by atoms with Gasteiger partial charge in [-0.2, -0.15) is 13.2 Å². The van der Waals surface area contributed by atoms with E-state index in [1.54, 1.807) is 17.9 Å². The third-order valence-electron chi connectivity index (χ3n) is 7.29. The Morgan fingerprint density at radius 2 is 1.79 bits per heavy atom. The van der Waals surface area contributed by atoms with Crippen LogP contribution in [0.25, 0.3) is 0 Å². The van der Waals surface area contributed by atoms with Crippen LogP contribution in [0, 0.1) is 25.2 Å². The molecule has 4 rings (SSSR count). The van der Waals surface area contributed by atoms with Gasteiger partial charge >= 0.3 is 6.18 Å². The zero-order chi connectivity index (χ0) is 24.1. The van der Waals surface area contributed by atoms with E-state index in [1.807, 2.05) is 39.0 Å². The minimum absolute atomic E-state index is 0.106. The lowest BCUT2D eigenvalue weighted by Crippen LogP contribution is -2.42. The molecule has 1 saturated heterocycles. The van der Waals surface area contributed by atoms with E-state index < -0.39 is 29.0 Å². The number of rotatable bonds is 5. The van der Waals surface area contributed by atoms with Crippen LogP contribution in [0.4, 0.5) is 24.5 Å². The quantitative estimate of drug-likeness (QED) is 0.579. The van der Waals surface area contributed by atoms with Crippen LogP contribution in [0.15, 0.2) is 36.4 Å². The van der Waals surface area contributed by atoms with E-state index in [0.717, 1.165) is 35.7 Å². The summed E-state index contributed by atoms with van der Waals surface area (Å²) in [6.45, 7) is 7.62. The van der Waals surface area contributed by atoms with Crippen molar-refractivity contribution in [2.45, 2.75) is 59.1 Å². The second kappa shape index (κ2) is 8.19. The van der Waals surface area contributed by atoms with E-state index in [2.05, 4.69) is 5.32 Å². The zero-order valence-electron chi connectivity index (χ0n) is 19.3. The molecule has 2 atom stereocenters. The fourth-order valence-electron chi connectivity index (χ4n) is 5.03. The lowest BCUT2D eigenvalue weighted by molar-refractivity contribution is -0.137. The molecule has 0 bridgehead atoms. The Hall–Kier alpha value is -2.83. The van der Waals surface area contributed by atoms with Gasteiger partial charge in [-0.25, -0.2) is 0 Å². The number of hydrogen-bond acceptors (Lipinski definition) is 2. The highest BCUT2D eigenvalue weighted by molar-refractivity contribution is 6.07. The first kappa shape index (κ1) is 23.3. The monoisotopic (exact) mass is 458 g/mol. The third-order valence-corrected chi connectivity index (χ3v) is 7.29. The molecule has 4 nitrogen and oxygen atoms in total.